The summed E-state index contributed by atoms with van der Waals surface area (Å²) in [6.07, 6.45) is 3.83. The van der Waals surface area contributed by atoms with Crippen molar-refractivity contribution in [3.8, 4) is 0 Å². The van der Waals surface area contributed by atoms with Gasteiger partial charge < -0.3 is 15.8 Å². The third-order valence-electron chi connectivity index (χ3n) is 4.27. The minimum Gasteiger partial charge on any atom is -0.467 e. The van der Waals surface area contributed by atoms with Crippen LogP contribution in [-0.4, -0.2) is 31.1 Å². The van der Waals surface area contributed by atoms with Crippen LogP contribution in [0.25, 0.3) is 0 Å². The molecule has 120 valence electrons. The predicted molar refractivity (Wildman–Crippen MR) is 84.0 cm³/mol. The third kappa shape index (κ3) is 4.56. The zero-order valence-corrected chi connectivity index (χ0v) is 13.0. The Hall–Kier alpha value is -1.88. The topological polar surface area (TPSA) is 81.4 Å². The van der Waals surface area contributed by atoms with E-state index in [2.05, 4.69) is 5.32 Å². The number of hydrogen-bond donors (Lipinski definition) is 2. The van der Waals surface area contributed by atoms with Gasteiger partial charge in [-0.1, -0.05) is 36.8 Å². The van der Waals surface area contributed by atoms with Gasteiger partial charge in [0.05, 0.1) is 7.11 Å². The molecule has 5 heteroatoms. The van der Waals surface area contributed by atoms with Gasteiger partial charge in [0.1, 0.15) is 6.04 Å². The zero-order chi connectivity index (χ0) is 15.9. The smallest absolute Gasteiger partial charge is 0.328 e. The maximum Gasteiger partial charge on any atom is 0.328 e. The Kier molecular flexibility index (Phi) is 5.95. The van der Waals surface area contributed by atoms with E-state index in [0.717, 1.165) is 24.8 Å². The average molecular weight is 304 g/mol. The van der Waals surface area contributed by atoms with Crippen molar-refractivity contribution in [1.29, 1.82) is 0 Å². The van der Waals surface area contributed by atoms with Crippen molar-refractivity contribution in [3.63, 3.8) is 0 Å². The molecule has 1 aromatic rings. The molecule has 1 aliphatic carbocycles. The summed E-state index contributed by atoms with van der Waals surface area (Å²) in [5.41, 5.74) is 6.98. The number of hydrogen-bond acceptors (Lipinski definition) is 4. The summed E-state index contributed by atoms with van der Waals surface area (Å²) in [6.45, 7) is 0. The molecule has 5 nitrogen and oxygen atoms in total. The van der Waals surface area contributed by atoms with Gasteiger partial charge in [0, 0.05) is 18.9 Å². The molecular weight excluding hydrogens is 280 g/mol. The fraction of sp³-hybridized carbons (Fsp3) is 0.529. The van der Waals surface area contributed by atoms with Crippen molar-refractivity contribution in [2.75, 3.05) is 7.11 Å². The first-order valence-electron chi connectivity index (χ1n) is 7.77. The first-order chi connectivity index (χ1) is 10.6. The van der Waals surface area contributed by atoms with E-state index >= 15 is 0 Å². The maximum atomic E-state index is 12.2. The molecule has 1 amide bonds. The summed E-state index contributed by atoms with van der Waals surface area (Å²) in [4.78, 5) is 24.1. The number of amides is 1. The van der Waals surface area contributed by atoms with Gasteiger partial charge in [-0.25, -0.2) is 4.79 Å². The summed E-state index contributed by atoms with van der Waals surface area (Å²) >= 11 is 0. The van der Waals surface area contributed by atoms with E-state index in [0.29, 0.717) is 12.8 Å². The summed E-state index contributed by atoms with van der Waals surface area (Å²) in [5.74, 6) is -0.336. The van der Waals surface area contributed by atoms with Crippen molar-refractivity contribution in [1.82, 2.24) is 5.32 Å². The Labute approximate surface area is 131 Å². The Balaban J connectivity index is 1.94. The molecule has 3 N–H and O–H groups in total. The highest BCUT2D eigenvalue weighted by Crippen LogP contribution is 2.26. The standard InChI is InChI=1S/C17H24N2O3/c1-22-17(21)15(10-12-6-3-2-4-7-12)19-16(20)11-13-8-5-9-14(13)18/h2-4,6-7,13-15H,5,8-11,18H2,1H3,(H,19,20)/t13-,14+,15?/m0/s1. The summed E-state index contributed by atoms with van der Waals surface area (Å²) in [7, 11) is 1.33. The molecule has 0 aromatic heterocycles. The highest BCUT2D eigenvalue weighted by atomic mass is 16.5. The van der Waals surface area contributed by atoms with Gasteiger partial charge in [-0.05, 0) is 24.3 Å². The fourth-order valence-corrected chi connectivity index (χ4v) is 3.00. The van der Waals surface area contributed by atoms with E-state index in [1.807, 2.05) is 30.3 Å². The van der Waals surface area contributed by atoms with E-state index in [1.54, 1.807) is 0 Å². The van der Waals surface area contributed by atoms with Crippen LogP contribution in [0.1, 0.15) is 31.2 Å². The molecule has 0 bridgehead atoms. The molecular formula is C17H24N2O3. The molecule has 22 heavy (non-hydrogen) atoms. The molecule has 3 atom stereocenters. The van der Waals surface area contributed by atoms with Crippen molar-refractivity contribution in [2.24, 2.45) is 11.7 Å². The van der Waals surface area contributed by atoms with E-state index in [9.17, 15) is 9.59 Å². The number of rotatable bonds is 6. The van der Waals surface area contributed by atoms with Crippen molar-refractivity contribution in [3.05, 3.63) is 35.9 Å². The molecule has 1 aromatic carbocycles. The number of methoxy groups -OCH3 is 1. The summed E-state index contributed by atoms with van der Waals surface area (Å²) in [6, 6.07) is 9.02. The van der Waals surface area contributed by atoms with E-state index in [-0.39, 0.29) is 17.9 Å². The summed E-state index contributed by atoms with van der Waals surface area (Å²) < 4.78 is 4.80. The van der Waals surface area contributed by atoms with Gasteiger partial charge in [-0.2, -0.15) is 0 Å². The Morgan fingerprint density at radius 2 is 2.05 bits per heavy atom. The molecule has 2 rings (SSSR count). The van der Waals surface area contributed by atoms with Crippen molar-refractivity contribution >= 4 is 11.9 Å². The number of esters is 1. The Bertz CT molecular complexity index is 504. The Morgan fingerprint density at radius 1 is 1.32 bits per heavy atom. The molecule has 0 heterocycles. The van der Waals surface area contributed by atoms with Gasteiger partial charge >= 0.3 is 5.97 Å². The summed E-state index contributed by atoms with van der Waals surface area (Å²) in [5, 5.41) is 2.79. The van der Waals surface area contributed by atoms with Crippen LogP contribution in [0.3, 0.4) is 0 Å². The van der Waals surface area contributed by atoms with Crippen LogP contribution in [-0.2, 0) is 20.7 Å². The van der Waals surface area contributed by atoms with Gasteiger partial charge in [0.25, 0.3) is 0 Å². The molecule has 1 fully saturated rings. The second-order valence-corrected chi connectivity index (χ2v) is 5.89. The quantitative estimate of drug-likeness (QED) is 0.779. The minimum absolute atomic E-state index is 0.0939. The largest absolute Gasteiger partial charge is 0.467 e. The minimum atomic E-state index is -0.655. The van der Waals surface area contributed by atoms with Crippen LogP contribution in [0.5, 0.6) is 0 Å². The first kappa shape index (κ1) is 16.5. The van der Waals surface area contributed by atoms with Crippen LogP contribution in [0.4, 0.5) is 0 Å². The monoisotopic (exact) mass is 304 g/mol. The first-order valence-corrected chi connectivity index (χ1v) is 7.77. The van der Waals surface area contributed by atoms with Crippen molar-refractivity contribution < 1.29 is 14.3 Å². The lowest BCUT2D eigenvalue weighted by atomic mass is 9.99. The number of benzene rings is 1. The second kappa shape index (κ2) is 7.94. The van der Waals surface area contributed by atoms with E-state index in [1.165, 1.54) is 7.11 Å². The lowest BCUT2D eigenvalue weighted by Crippen LogP contribution is -2.44. The molecule has 1 saturated carbocycles. The number of nitrogens with one attached hydrogen (secondary N) is 1. The predicted octanol–water partition coefficient (Wildman–Crippen LogP) is 1.40. The molecule has 1 aliphatic rings. The normalized spacial score (nSPS) is 22.1. The van der Waals surface area contributed by atoms with Crippen LogP contribution in [0, 0.1) is 5.92 Å². The molecule has 0 saturated heterocycles. The van der Waals surface area contributed by atoms with E-state index in [4.69, 9.17) is 10.5 Å². The van der Waals surface area contributed by atoms with E-state index < -0.39 is 12.0 Å². The lowest BCUT2D eigenvalue weighted by Gasteiger charge is -2.19. The number of carbonyl (C=O) groups excluding carboxylic acids is 2. The number of nitrogens with two attached hydrogens (primary N) is 1. The zero-order valence-electron chi connectivity index (χ0n) is 13.0. The lowest BCUT2D eigenvalue weighted by molar-refractivity contribution is -0.145. The number of carbonyl (C=O) groups is 2. The Morgan fingerprint density at radius 3 is 2.64 bits per heavy atom. The molecule has 1 unspecified atom stereocenters. The van der Waals surface area contributed by atoms with Gasteiger partial charge in [0.2, 0.25) is 5.91 Å². The third-order valence-corrected chi connectivity index (χ3v) is 4.27. The van der Waals surface area contributed by atoms with Crippen LogP contribution >= 0.6 is 0 Å². The SMILES string of the molecule is COC(=O)C(Cc1ccccc1)NC(=O)C[C@@H]1CCC[C@H]1N. The highest BCUT2D eigenvalue weighted by Gasteiger charge is 2.28. The van der Waals surface area contributed by atoms with Gasteiger partial charge in [-0.3, -0.25) is 4.79 Å². The fourth-order valence-electron chi connectivity index (χ4n) is 3.00. The van der Waals surface area contributed by atoms with Gasteiger partial charge in [0.15, 0.2) is 0 Å². The number of ether oxygens (including phenoxy) is 1. The van der Waals surface area contributed by atoms with Crippen LogP contribution in [0.2, 0.25) is 0 Å². The van der Waals surface area contributed by atoms with Crippen LogP contribution < -0.4 is 11.1 Å². The van der Waals surface area contributed by atoms with Crippen LogP contribution in [0.15, 0.2) is 30.3 Å². The van der Waals surface area contributed by atoms with Crippen molar-refractivity contribution in [2.45, 2.75) is 44.2 Å². The molecule has 0 radical (unpaired) electrons. The maximum absolute atomic E-state index is 12.2. The van der Waals surface area contributed by atoms with Gasteiger partial charge in [-0.15, -0.1) is 0 Å². The average Bonchev–Trinajstić information content (AvgIpc) is 2.92. The molecule has 0 aliphatic heterocycles. The second-order valence-electron chi connectivity index (χ2n) is 5.89. The molecule has 0 spiro atoms. The highest BCUT2D eigenvalue weighted by molar-refractivity contribution is 5.84.